The Morgan fingerprint density at radius 3 is 2.81 bits per heavy atom. The molecule has 1 aromatic heterocycles. The quantitative estimate of drug-likeness (QED) is 0.771. The molecule has 6 nitrogen and oxygen atoms in total. The van der Waals surface area contributed by atoms with Crippen LogP contribution in [0.3, 0.4) is 0 Å². The van der Waals surface area contributed by atoms with Gasteiger partial charge in [0.05, 0.1) is 24.9 Å². The van der Waals surface area contributed by atoms with E-state index in [1.807, 2.05) is 11.0 Å². The molecule has 4 heterocycles. The van der Waals surface area contributed by atoms with Crippen molar-refractivity contribution in [3.63, 3.8) is 0 Å². The van der Waals surface area contributed by atoms with Crippen molar-refractivity contribution < 1.29 is 19.4 Å². The van der Waals surface area contributed by atoms with Gasteiger partial charge < -0.3 is 19.4 Å². The number of aldehydes is 1. The number of aliphatic hydroxyl groups excluding tert-OH is 1. The Balaban J connectivity index is 1.66. The van der Waals surface area contributed by atoms with Crippen LogP contribution in [0.15, 0.2) is 12.3 Å². The number of carbonyl (C=O) groups excluding carboxylic acids is 1. The second kappa shape index (κ2) is 7.62. The number of ether oxygens (including phenoxy) is 2. The van der Waals surface area contributed by atoms with Crippen molar-refractivity contribution in [2.75, 3.05) is 19.8 Å². The zero-order valence-corrected chi connectivity index (χ0v) is 15.3. The standard InChI is InChI=1S/C20H28N2O4/c1-13-6-8-21-20-19(13)14-2-4-16(5-3-14)25-12-17-18(24)7-9-22(17)15(10-23)11-26-20/h6,8,10,14-18,24H,2-5,7,9,11-12H2,1H3/t14?,15?,16?,17-,18+/m0/s1. The van der Waals surface area contributed by atoms with Crippen molar-refractivity contribution in [1.29, 1.82) is 0 Å². The molecule has 0 radical (unpaired) electrons. The number of nitrogens with zero attached hydrogens (tertiary/aromatic N) is 2. The lowest BCUT2D eigenvalue weighted by molar-refractivity contribution is -0.115. The molecule has 2 fully saturated rings. The average Bonchev–Trinajstić information content (AvgIpc) is 3.02. The number of hydrogen-bond donors (Lipinski definition) is 1. The van der Waals surface area contributed by atoms with Gasteiger partial charge in [-0.25, -0.2) is 4.98 Å². The molecule has 142 valence electrons. The lowest BCUT2D eigenvalue weighted by Crippen LogP contribution is -2.48. The minimum Gasteiger partial charge on any atom is -0.475 e. The zero-order valence-electron chi connectivity index (χ0n) is 15.3. The topological polar surface area (TPSA) is 71.9 Å². The first kappa shape index (κ1) is 17.9. The smallest absolute Gasteiger partial charge is 0.217 e. The highest BCUT2D eigenvalue weighted by Crippen LogP contribution is 2.39. The number of aromatic nitrogens is 1. The largest absolute Gasteiger partial charge is 0.475 e. The van der Waals surface area contributed by atoms with Gasteiger partial charge in [-0.3, -0.25) is 4.90 Å². The van der Waals surface area contributed by atoms with Crippen molar-refractivity contribution in [2.45, 2.75) is 69.2 Å². The molecule has 4 aliphatic rings. The zero-order chi connectivity index (χ0) is 18.1. The number of fused-ring (bicyclic) bond motifs is 5. The van der Waals surface area contributed by atoms with E-state index < -0.39 is 12.1 Å². The third-order valence-corrected chi connectivity index (χ3v) is 6.28. The minimum atomic E-state index is -0.452. The number of aryl methyl sites for hydroxylation is 1. The van der Waals surface area contributed by atoms with Gasteiger partial charge in [0.2, 0.25) is 5.88 Å². The van der Waals surface area contributed by atoms with Crippen LogP contribution >= 0.6 is 0 Å². The summed E-state index contributed by atoms with van der Waals surface area (Å²) in [6, 6.07) is 1.50. The van der Waals surface area contributed by atoms with E-state index in [9.17, 15) is 9.90 Å². The maximum Gasteiger partial charge on any atom is 0.217 e. The predicted molar refractivity (Wildman–Crippen MR) is 96.4 cm³/mol. The van der Waals surface area contributed by atoms with Crippen LogP contribution in [0.5, 0.6) is 5.88 Å². The van der Waals surface area contributed by atoms with E-state index in [0.717, 1.165) is 32.0 Å². The highest BCUT2D eigenvalue weighted by molar-refractivity contribution is 5.58. The van der Waals surface area contributed by atoms with Gasteiger partial charge in [0.1, 0.15) is 18.9 Å². The first-order chi connectivity index (χ1) is 12.7. The molecule has 1 N–H and O–H groups in total. The Kier molecular flexibility index (Phi) is 5.25. The van der Waals surface area contributed by atoms with Gasteiger partial charge in [-0.2, -0.15) is 0 Å². The van der Waals surface area contributed by atoms with E-state index in [0.29, 0.717) is 31.4 Å². The maximum atomic E-state index is 11.7. The molecule has 3 atom stereocenters. The Morgan fingerprint density at radius 2 is 2.04 bits per heavy atom. The fraction of sp³-hybridized carbons (Fsp3) is 0.700. The number of carbonyl (C=O) groups is 1. The third-order valence-electron chi connectivity index (χ3n) is 6.28. The van der Waals surface area contributed by atoms with E-state index in [4.69, 9.17) is 9.47 Å². The van der Waals surface area contributed by atoms with Gasteiger partial charge in [-0.05, 0) is 56.6 Å². The van der Waals surface area contributed by atoms with Crippen molar-refractivity contribution in [2.24, 2.45) is 0 Å². The molecule has 3 aliphatic heterocycles. The molecular weight excluding hydrogens is 332 g/mol. The molecule has 0 spiro atoms. The fourth-order valence-electron chi connectivity index (χ4n) is 4.77. The highest BCUT2D eigenvalue weighted by atomic mass is 16.5. The van der Waals surface area contributed by atoms with E-state index in [2.05, 4.69) is 11.9 Å². The van der Waals surface area contributed by atoms with E-state index in [-0.39, 0.29) is 18.8 Å². The molecule has 1 saturated carbocycles. The molecular formula is C20H28N2O4. The summed E-state index contributed by atoms with van der Waals surface area (Å²) in [5, 5.41) is 10.4. The SMILES string of the molecule is Cc1ccnc2c1C1CCC(CC1)OC[C@H]1[C@H](O)CCN1C(C=O)CO2. The van der Waals surface area contributed by atoms with Crippen molar-refractivity contribution in [3.8, 4) is 5.88 Å². The fourth-order valence-corrected chi connectivity index (χ4v) is 4.77. The van der Waals surface area contributed by atoms with Crippen LogP contribution in [-0.4, -0.2) is 65.3 Å². The van der Waals surface area contributed by atoms with Crippen molar-refractivity contribution in [3.05, 3.63) is 23.4 Å². The number of aliphatic hydroxyl groups is 1. The summed E-state index contributed by atoms with van der Waals surface area (Å²) in [6.45, 7) is 3.52. The summed E-state index contributed by atoms with van der Waals surface area (Å²) in [5.41, 5.74) is 2.39. The van der Waals surface area contributed by atoms with Gasteiger partial charge in [0, 0.05) is 18.3 Å². The van der Waals surface area contributed by atoms with E-state index >= 15 is 0 Å². The Labute approximate surface area is 154 Å². The lowest BCUT2D eigenvalue weighted by Gasteiger charge is -2.32. The molecule has 0 aromatic carbocycles. The lowest BCUT2D eigenvalue weighted by atomic mass is 9.81. The summed E-state index contributed by atoms with van der Waals surface area (Å²) in [6.07, 6.45) is 7.29. The van der Waals surface area contributed by atoms with Crippen LogP contribution in [0.25, 0.3) is 0 Å². The summed E-state index contributed by atoms with van der Waals surface area (Å²) in [7, 11) is 0. The predicted octanol–water partition coefficient (Wildman–Crippen LogP) is 1.83. The second-order valence-corrected chi connectivity index (χ2v) is 7.83. The summed E-state index contributed by atoms with van der Waals surface area (Å²) in [5.74, 6) is 1.09. The van der Waals surface area contributed by atoms with Crippen LogP contribution in [-0.2, 0) is 9.53 Å². The molecule has 0 amide bonds. The van der Waals surface area contributed by atoms with Crippen molar-refractivity contribution in [1.82, 2.24) is 9.88 Å². The summed E-state index contributed by atoms with van der Waals surface area (Å²) >= 11 is 0. The normalized spacial score (nSPS) is 35.4. The van der Waals surface area contributed by atoms with Crippen LogP contribution < -0.4 is 4.74 Å². The average molecular weight is 360 g/mol. The molecule has 5 rings (SSSR count). The molecule has 1 saturated heterocycles. The molecule has 1 unspecified atom stereocenters. The van der Waals surface area contributed by atoms with Gasteiger partial charge in [0.15, 0.2) is 0 Å². The third kappa shape index (κ3) is 3.38. The molecule has 26 heavy (non-hydrogen) atoms. The first-order valence-electron chi connectivity index (χ1n) is 9.76. The molecule has 1 aromatic rings. The van der Waals surface area contributed by atoms with Gasteiger partial charge >= 0.3 is 0 Å². The monoisotopic (exact) mass is 360 g/mol. The number of hydrogen-bond acceptors (Lipinski definition) is 6. The maximum absolute atomic E-state index is 11.7. The summed E-state index contributed by atoms with van der Waals surface area (Å²) in [4.78, 5) is 18.3. The van der Waals surface area contributed by atoms with Crippen LogP contribution in [0.4, 0.5) is 0 Å². The Hall–Kier alpha value is -1.50. The van der Waals surface area contributed by atoms with Gasteiger partial charge in [-0.1, -0.05) is 0 Å². The number of pyridine rings is 1. The Bertz CT molecular complexity index is 645. The number of rotatable bonds is 1. The van der Waals surface area contributed by atoms with E-state index in [1.165, 1.54) is 11.1 Å². The Morgan fingerprint density at radius 1 is 1.23 bits per heavy atom. The van der Waals surface area contributed by atoms with Crippen molar-refractivity contribution >= 4 is 6.29 Å². The molecule has 6 heteroatoms. The molecule has 2 bridgehead atoms. The molecule has 1 aliphatic carbocycles. The van der Waals surface area contributed by atoms with Crippen LogP contribution in [0.2, 0.25) is 0 Å². The van der Waals surface area contributed by atoms with Crippen LogP contribution in [0.1, 0.15) is 49.1 Å². The summed E-state index contributed by atoms with van der Waals surface area (Å²) < 4.78 is 12.2. The highest BCUT2D eigenvalue weighted by Gasteiger charge is 2.39. The van der Waals surface area contributed by atoms with E-state index in [1.54, 1.807) is 6.20 Å². The second-order valence-electron chi connectivity index (χ2n) is 7.83. The minimum absolute atomic E-state index is 0.141. The van der Waals surface area contributed by atoms with Gasteiger partial charge in [0.25, 0.3) is 0 Å². The van der Waals surface area contributed by atoms with Gasteiger partial charge in [-0.15, -0.1) is 0 Å². The van der Waals surface area contributed by atoms with Crippen LogP contribution in [0, 0.1) is 6.92 Å². The first-order valence-corrected chi connectivity index (χ1v) is 9.76.